The number of halogens is 2. The van der Waals surface area contributed by atoms with Gasteiger partial charge in [0.1, 0.15) is 11.6 Å². The van der Waals surface area contributed by atoms with E-state index in [4.69, 9.17) is 4.52 Å². The molecular weight excluding hydrogens is 339 g/mol. The van der Waals surface area contributed by atoms with Gasteiger partial charge in [-0.2, -0.15) is 4.98 Å². The van der Waals surface area contributed by atoms with Crippen LogP contribution >= 0.6 is 15.9 Å². The van der Waals surface area contributed by atoms with E-state index in [2.05, 4.69) is 26.1 Å². The molecule has 0 radical (unpaired) electrons. The Morgan fingerprint density at radius 1 is 1.19 bits per heavy atom. The van der Waals surface area contributed by atoms with Gasteiger partial charge in [0.25, 0.3) is 5.89 Å². The molecule has 0 aliphatic rings. The van der Waals surface area contributed by atoms with E-state index in [1.165, 1.54) is 12.1 Å². The lowest BCUT2D eigenvalue weighted by Crippen LogP contribution is -1.92. The number of phenols is 1. The number of aromatic hydroxyl groups is 1. The fraction of sp³-hybridized carbons (Fsp3) is 0.0667. The average Bonchev–Trinajstić information content (AvgIpc) is 2.90. The third-order valence-corrected chi connectivity index (χ3v) is 3.73. The van der Waals surface area contributed by atoms with Crippen molar-refractivity contribution in [2.45, 2.75) is 6.42 Å². The predicted octanol–water partition coefficient (Wildman–Crippen LogP) is 3.93. The highest BCUT2D eigenvalue weighted by Gasteiger charge is 2.14. The van der Waals surface area contributed by atoms with E-state index in [1.54, 1.807) is 0 Å². The molecular formula is C15H10BrFN2O2. The highest BCUT2D eigenvalue weighted by Crippen LogP contribution is 2.25. The summed E-state index contributed by atoms with van der Waals surface area (Å²) in [5.74, 6) is -0.200. The van der Waals surface area contributed by atoms with Crippen LogP contribution in [0.25, 0.3) is 11.5 Å². The van der Waals surface area contributed by atoms with E-state index in [-0.39, 0.29) is 17.2 Å². The molecule has 0 saturated heterocycles. The van der Waals surface area contributed by atoms with Gasteiger partial charge >= 0.3 is 0 Å². The number of hydrogen-bond donors (Lipinski definition) is 1. The summed E-state index contributed by atoms with van der Waals surface area (Å²) in [5.41, 5.74) is 1.18. The molecule has 4 nitrogen and oxygen atoms in total. The normalized spacial score (nSPS) is 10.8. The quantitative estimate of drug-likeness (QED) is 0.778. The van der Waals surface area contributed by atoms with Gasteiger partial charge < -0.3 is 9.63 Å². The molecule has 3 rings (SSSR count). The summed E-state index contributed by atoms with van der Waals surface area (Å²) in [6, 6.07) is 11.5. The fourth-order valence-electron chi connectivity index (χ4n) is 1.92. The topological polar surface area (TPSA) is 59.2 Å². The van der Waals surface area contributed by atoms with E-state index >= 15 is 0 Å². The molecule has 1 aromatic heterocycles. The van der Waals surface area contributed by atoms with E-state index in [9.17, 15) is 9.50 Å². The van der Waals surface area contributed by atoms with Crippen LogP contribution < -0.4 is 0 Å². The van der Waals surface area contributed by atoms with Crippen molar-refractivity contribution in [3.05, 3.63) is 64.1 Å². The first kappa shape index (κ1) is 13.8. The van der Waals surface area contributed by atoms with Gasteiger partial charge in [0, 0.05) is 17.0 Å². The van der Waals surface area contributed by atoms with Gasteiger partial charge in [-0.05, 0) is 23.8 Å². The van der Waals surface area contributed by atoms with Crippen LogP contribution in [0.2, 0.25) is 0 Å². The standard InChI is InChI=1S/C15H10BrFN2O2/c16-12-4-2-1-3-9(12)7-14-18-15(21-19-14)11-6-5-10(20)8-13(11)17/h1-6,8,20H,7H2. The molecule has 0 saturated carbocycles. The first-order chi connectivity index (χ1) is 10.1. The summed E-state index contributed by atoms with van der Waals surface area (Å²) in [7, 11) is 0. The number of benzene rings is 2. The Kier molecular flexibility index (Phi) is 3.70. The molecule has 106 valence electrons. The van der Waals surface area contributed by atoms with Crippen LogP contribution in [0.4, 0.5) is 4.39 Å². The third kappa shape index (κ3) is 2.95. The molecule has 0 aliphatic heterocycles. The van der Waals surface area contributed by atoms with Crippen LogP contribution in [0.5, 0.6) is 5.75 Å². The Morgan fingerprint density at radius 2 is 2.00 bits per heavy atom. The van der Waals surface area contributed by atoms with Crippen molar-refractivity contribution in [3.8, 4) is 17.2 Å². The van der Waals surface area contributed by atoms with Gasteiger partial charge in [0.15, 0.2) is 5.82 Å². The minimum atomic E-state index is -0.605. The highest BCUT2D eigenvalue weighted by molar-refractivity contribution is 9.10. The first-order valence-electron chi connectivity index (χ1n) is 6.18. The van der Waals surface area contributed by atoms with Crippen molar-refractivity contribution >= 4 is 15.9 Å². The Bertz CT molecular complexity index is 789. The molecule has 21 heavy (non-hydrogen) atoms. The summed E-state index contributed by atoms with van der Waals surface area (Å²) in [5, 5.41) is 13.1. The molecule has 0 amide bonds. The largest absolute Gasteiger partial charge is 0.508 e. The number of hydrogen-bond acceptors (Lipinski definition) is 4. The van der Waals surface area contributed by atoms with Crippen LogP contribution in [-0.2, 0) is 6.42 Å². The fourth-order valence-corrected chi connectivity index (χ4v) is 2.35. The number of rotatable bonds is 3. The Labute approximate surface area is 128 Å². The van der Waals surface area contributed by atoms with Crippen molar-refractivity contribution in [1.82, 2.24) is 10.1 Å². The summed E-state index contributed by atoms with van der Waals surface area (Å²) in [4.78, 5) is 4.19. The minimum Gasteiger partial charge on any atom is -0.508 e. The maximum atomic E-state index is 13.7. The first-order valence-corrected chi connectivity index (χ1v) is 6.97. The van der Waals surface area contributed by atoms with Crippen LogP contribution in [0.15, 0.2) is 51.5 Å². The van der Waals surface area contributed by atoms with Crippen LogP contribution in [0, 0.1) is 5.82 Å². The van der Waals surface area contributed by atoms with Crippen molar-refractivity contribution in [2.24, 2.45) is 0 Å². The molecule has 0 fully saturated rings. The minimum absolute atomic E-state index is 0.0922. The molecule has 0 unspecified atom stereocenters. The molecule has 1 heterocycles. The van der Waals surface area contributed by atoms with Crippen molar-refractivity contribution in [1.29, 1.82) is 0 Å². The zero-order valence-corrected chi connectivity index (χ0v) is 12.3. The van der Waals surface area contributed by atoms with Crippen molar-refractivity contribution < 1.29 is 14.0 Å². The number of aromatic nitrogens is 2. The lowest BCUT2D eigenvalue weighted by molar-refractivity contribution is 0.421. The lowest BCUT2D eigenvalue weighted by Gasteiger charge is -1.99. The SMILES string of the molecule is Oc1ccc(-c2nc(Cc3ccccc3Br)no2)c(F)c1. The smallest absolute Gasteiger partial charge is 0.260 e. The van der Waals surface area contributed by atoms with E-state index in [0.717, 1.165) is 16.1 Å². The molecule has 1 N–H and O–H groups in total. The van der Waals surface area contributed by atoms with Gasteiger partial charge in [-0.1, -0.05) is 39.3 Å². The Hall–Kier alpha value is -2.21. The number of nitrogens with zero attached hydrogens (tertiary/aromatic N) is 2. The van der Waals surface area contributed by atoms with Crippen molar-refractivity contribution in [3.63, 3.8) is 0 Å². The van der Waals surface area contributed by atoms with E-state index in [0.29, 0.717) is 12.2 Å². The van der Waals surface area contributed by atoms with Crippen LogP contribution in [0.1, 0.15) is 11.4 Å². The van der Waals surface area contributed by atoms with Crippen LogP contribution in [-0.4, -0.2) is 15.2 Å². The summed E-state index contributed by atoms with van der Waals surface area (Å²) in [6.07, 6.45) is 0.477. The van der Waals surface area contributed by atoms with Crippen molar-refractivity contribution in [2.75, 3.05) is 0 Å². The molecule has 0 bridgehead atoms. The summed E-state index contributed by atoms with van der Waals surface area (Å²) < 4.78 is 19.8. The molecule has 0 atom stereocenters. The molecule has 0 spiro atoms. The molecule has 3 aromatic rings. The average molecular weight is 349 g/mol. The number of phenolic OH excluding ortho intramolecular Hbond substituents is 1. The van der Waals surface area contributed by atoms with E-state index < -0.39 is 5.82 Å². The second-order valence-electron chi connectivity index (χ2n) is 4.45. The zero-order chi connectivity index (χ0) is 14.8. The monoisotopic (exact) mass is 348 g/mol. The summed E-state index contributed by atoms with van der Waals surface area (Å²) in [6.45, 7) is 0. The second-order valence-corrected chi connectivity index (χ2v) is 5.30. The van der Waals surface area contributed by atoms with E-state index in [1.807, 2.05) is 24.3 Å². The second kappa shape index (κ2) is 5.65. The molecule has 2 aromatic carbocycles. The summed E-state index contributed by atoms with van der Waals surface area (Å²) >= 11 is 3.45. The maximum absolute atomic E-state index is 13.7. The van der Waals surface area contributed by atoms with Gasteiger partial charge in [-0.3, -0.25) is 0 Å². The highest BCUT2D eigenvalue weighted by atomic mass is 79.9. The predicted molar refractivity (Wildman–Crippen MR) is 78.3 cm³/mol. The van der Waals surface area contributed by atoms with Gasteiger partial charge in [-0.25, -0.2) is 4.39 Å². The third-order valence-electron chi connectivity index (χ3n) is 2.96. The maximum Gasteiger partial charge on any atom is 0.260 e. The molecule has 0 aliphatic carbocycles. The van der Waals surface area contributed by atoms with Crippen LogP contribution in [0.3, 0.4) is 0 Å². The Balaban J connectivity index is 1.88. The van der Waals surface area contributed by atoms with Gasteiger partial charge in [-0.15, -0.1) is 0 Å². The molecule has 6 heteroatoms. The lowest BCUT2D eigenvalue weighted by atomic mass is 10.1. The van der Waals surface area contributed by atoms with Gasteiger partial charge in [0.2, 0.25) is 0 Å². The Morgan fingerprint density at radius 3 is 2.76 bits per heavy atom. The van der Waals surface area contributed by atoms with Gasteiger partial charge in [0.05, 0.1) is 5.56 Å². The zero-order valence-electron chi connectivity index (χ0n) is 10.8.